The van der Waals surface area contributed by atoms with Crippen molar-refractivity contribution >= 4 is 22.1 Å². The molecule has 120 valence electrons. The summed E-state index contributed by atoms with van der Waals surface area (Å²) >= 11 is 1.68. The number of anilines is 1. The van der Waals surface area contributed by atoms with E-state index in [1.54, 1.807) is 17.5 Å². The fourth-order valence-electron chi connectivity index (χ4n) is 3.31. The molecule has 0 aliphatic carbocycles. The molecule has 3 aromatic rings. The first-order valence-corrected chi connectivity index (χ1v) is 8.87. The summed E-state index contributed by atoms with van der Waals surface area (Å²) < 4.78 is 2.18. The molecule has 6 nitrogen and oxygen atoms in total. The molecule has 0 aromatic carbocycles. The molecule has 1 atom stereocenters. The lowest BCUT2D eigenvalue weighted by Crippen LogP contribution is -2.38. The van der Waals surface area contributed by atoms with Gasteiger partial charge in [0.1, 0.15) is 0 Å². The summed E-state index contributed by atoms with van der Waals surface area (Å²) in [6.07, 6.45) is 6.23. The van der Waals surface area contributed by atoms with Crippen molar-refractivity contribution in [2.45, 2.75) is 32.4 Å². The van der Waals surface area contributed by atoms with Gasteiger partial charge in [-0.3, -0.25) is 4.40 Å². The molecule has 0 unspecified atom stereocenters. The van der Waals surface area contributed by atoms with Crippen molar-refractivity contribution in [2.75, 3.05) is 18.0 Å². The zero-order valence-corrected chi connectivity index (χ0v) is 14.0. The highest BCUT2D eigenvalue weighted by molar-refractivity contribution is 7.15. The summed E-state index contributed by atoms with van der Waals surface area (Å²) in [7, 11) is 0. The minimum absolute atomic E-state index is 0.484. The second kappa shape index (κ2) is 6.25. The average Bonchev–Trinajstić information content (AvgIpc) is 3.26. The Kier molecular flexibility index (Phi) is 3.97. The van der Waals surface area contributed by atoms with Crippen molar-refractivity contribution in [3.05, 3.63) is 41.3 Å². The summed E-state index contributed by atoms with van der Waals surface area (Å²) in [5, 5.41) is 13.9. The van der Waals surface area contributed by atoms with Crippen LogP contribution in [0.1, 0.15) is 24.2 Å². The molecule has 4 rings (SSSR count). The van der Waals surface area contributed by atoms with Crippen LogP contribution in [0.25, 0.3) is 4.96 Å². The zero-order chi connectivity index (χ0) is 15.6. The second-order valence-corrected chi connectivity index (χ2v) is 6.77. The number of rotatable bonds is 5. The zero-order valence-electron chi connectivity index (χ0n) is 13.1. The van der Waals surface area contributed by atoms with Gasteiger partial charge < -0.3 is 10.2 Å². The van der Waals surface area contributed by atoms with Crippen molar-refractivity contribution in [1.82, 2.24) is 24.9 Å². The Morgan fingerprint density at radius 1 is 1.43 bits per heavy atom. The Hall–Kier alpha value is -1.99. The van der Waals surface area contributed by atoms with Gasteiger partial charge in [-0.2, -0.15) is 5.10 Å². The largest absolute Gasteiger partial charge is 0.351 e. The van der Waals surface area contributed by atoms with E-state index in [-0.39, 0.29) is 0 Å². The fourth-order valence-corrected chi connectivity index (χ4v) is 4.09. The van der Waals surface area contributed by atoms with Crippen LogP contribution < -0.4 is 10.2 Å². The van der Waals surface area contributed by atoms with Gasteiger partial charge in [0.25, 0.3) is 0 Å². The summed E-state index contributed by atoms with van der Waals surface area (Å²) in [5.41, 5.74) is 2.37. The minimum Gasteiger partial charge on any atom is -0.351 e. The third kappa shape index (κ3) is 2.82. The maximum atomic E-state index is 4.60. The predicted molar refractivity (Wildman–Crippen MR) is 91.9 cm³/mol. The van der Waals surface area contributed by atoms with Crippen molar-refractivity contribution < 1.29 is 0 Å². The van der Waals surface area contributed by atoms with Gasteiger partial charge in [0.2, 0.25) is 0 Å². The van der Waals surface area contributed by atoms with Crippen LogP contribution in [-0.2, 0) is 6.54 Å². The van der Waals surface area contributed by atoms with E-state index in [4.69, 9.17) is 0 Å². The topological polar surface area (TPSA) is 58.4 Å². The van der Waals surface area contributed by atoms with E-state index in [1.165, 1.54) is 18.5 Å². The van der Waals surface area contributed by atoms with E-state index in [1.807, 2.05) is 12.1 Å². The minimum atomic E-state index is 0.484. The molecule has 0 bridgehead atoms. The number of imidazole rings is 1. The van der Waals surface area contributed by atoms with Crippen LogP contribution in [0.5, 0.6) is 0 Å². The first-order chi connectivity index (χ1) is 11.3. The van der Waals surface area contributed by atoms with Crippen LogP contribution in [0, 0.1) is 6.92 Å². The number of fused-ring (bicyclic) bond motifs is 1. The average molecular weight is 328 g/mol. The second-order valence-electron chi connectivity index (χ2n) is 5.90. The van der Waals surface area contributed by atoms with E-state index in [0.29, 0.717) is 6.04 Å². The van der Waals surface area contributed by atoms with Gasteiger partial charge in [0, 0.05) is 43.4 Å². The standard InChI is InChI=1S/C16H20N6S/c1-12-14(22-8-9-23-16(22)19-12)11-17-10-13-4-3-7-21(13)15-5-2-6-18-20-15/h2,5-6,8-9,13,17H,3-4,7,10-11H2,1H3/t13-/m0/s1. The summed E-state index contributed by atoms with van der Waals surface area (Å²) in [5.74, 6) is 0.984. The Labute approximate surface area is 139 Å². The quantitative estimate of drug-likeness (QED) is 0.778. The van der Waals surface area contributed by atoms with E-state index >= 15 is 0 Å². The molecule has 0 radical (unpaired) electrons. The monoisotopic (exact) mass is 328 g/mol. The maximum absolute atomic E-state index is 4.60. The molecule has 23 heavy (non-hydrogen) atoms. The van der Waals surface area contributed by atoms with Crippen LogP contribution >= 0.6 is 11.3 Å². The molecular formula is C16H20N6S. The highest BCUT2D eigenvalue weighted by atomic mass is 32.1. The highest BCUT2D eigenvalue weighted by Gasteiger charge is 2.25. The third-order valence-electron chi connectivity index (χ3n) is 4.46. The van der Waals surface area contributed by atoms with Gasteiger partial charge in [-0.15, -0.1) is 16.4 Å². The molecule has 0 saturated carbocycles. The Balaban J connectivity index is 1.41. The van der Waals surface area contributed by atoms with Gasteiger partial charge >= 0.3 is 0 Å². The lowest BCUT2D eigenvalue weighted by molar-refractivity contribution is 0.563. The van der Waals surface area contributed by atoms with Crippen LogP contribution in [0.15, 0.2) is 29.9 Å². The first kappa shape index (κ1) is 14.6. The van der Waals surface area contributed by atoms with E-state index in [0.717, 1.165) is 36.1 Å². The lowest BCUT2D eigenvalue weighted by Gasteiger charge is -2.25. The molecule has 1 aliphatic rings. The van der Waals surface area contributed by atoms with Crippen LogP contribution in [-0.4, -0.2) is 38.7 Å². The number of hydrogen-bond acceptors (Lipinski definition) is 6. The number of thiazole rings is 1. The van der Waals surface area contributed by atoms with Crippen LogP contribution in [0.2, 0.25) is 0 Å². The molecule has 1 N–H and O–H groups in total. The van der Waals surface area contributed by atoms with Crippen molar-refractivity contribution in [3.63, 3.8) is 0 Å². The number of aromatic nitrogens is 4. The fraction of sp³-hybridized carbons (Fsp3) is 0.438. The predicted octanol–water partition coefficient (Wildman–Crippen LogP) is 2.25. The van der Waals surface area contributed by atoms with Gasteiger partial charge in [-0.05, 0) is 31.9 Å². The van der Waals surface area contributed by atoms with E-state index in [9.17, 15) is 0 Å². The number of nitrogens with zero attached hydrogens (tertiary/aromatic N) is 5. The maximum Gasteiger partial charge on any atom is 0.194 e. The van der Waals surface area contributed by atoms with Gasteiger partial charge in [0.05, 0.1) is 11.4 Å². The molecule has 7 heteroatoms. The van der Waals surface area contributed by atoms with Gasteiger partial charge in [-0.25, -0.2) is 4.98 Å². The first-order valence-electron chi connectivity index (χ1n) is 7.99. The SMILES string of the molecule is Cc1nc2sccn2c1CNC[C@@H]1CCCN1c1cccnn1. The highest BCUT2D eigenvalue weighted by Crippen LogP contribution is 2.23. The normalized spacial score (nSPS) is 18.1. The summed E-state index contributed by atoms with van der Waals surface area (Å²) in [6, 6.07) is 4.48. The Morgan fingerprint density at radius 3 is 3.26 bits per heavy atom. The van der Waals surface area contributed by atoms with Gasteiger partial charge in [0.15, 0.2) is 10.8 Å². The smallest absolute Gasteiger partial charge is 0.194 e. The Morgan fingerprint density at radius 2 is 2.39 bits per heavy atom. The van der Waals surface area contributed by atoms with Gasteiger partial charge in [-0.1, -0.05) is 0 Å². The molecule has 1 saturated heterocycles. The molecule has 1 aliphatic heterocycles. The Bertz CT molecular complexity index is 780. The number of aryl methyl sites for hydroxylation is 1. The molecule has 0 amide bonds. The lowest BCUT2D eigenvalue weighted by atomic mass is 10.2. The van der Waals surface area contributed by atoms with E-state index < -0.39 is 0 Å². The van der Waals surface area contributed by atoms with Crippen molar-refractivity contribution in [3.8, 4) is 0 Å². The third-order valence-corrected chi connectivity index (χ3v) is 5.22. The molecule has 1 fully saturated rings. The number of hydrogen-bond donors (Lipinski definition) is 1. The molecular weight excluding hydrogens is 308 g/mol. The van der Waals surface area contributed by atoms with Crippen LogP contribution in [0.3, 0.4) is 0 Å². The van der Waals surface area contributed by atoms with Crippen molar-refractivity contribution in [2.24, 2.45) is 0 Å². The molecule has 4 heterocycles. The number of nitrogens with one attached hydrogen (secondary N) is 1. The van der Waals surface area contributed by atoms with E-state index in [2.05, 4.69) is 48.3 Å². The molecule has 0 spiro atoms. The summed E-state index contributed by atoms with van der Waals surface area (Å²) in [4.78, 5) is 8.03. The van der Waals surface area contributed by atoms with Crippen LogP contribution in [0.4, 0.5) is 5.82 Å². The molecule has 3 aromatic heterocycles. The van der Waals surface area contributed by atoms with Crippen molar-refractivity contribution in [1.29, 1.82) is 0 Å². The summed E-state index contributed by atoms with van der Waals surface area (Å²) in [6.45, 7) is 4.94.